The monoisotopic (exact) mass is 284 g/mol. The second-order valence-electron chi connectivity index (χ2n) is 5.38. The van der Waals surface area contributed by atoms with Gasteiger partial charge in [-0.3, -0.25) is 4.79 Å². The lowest BCUT2D eigenvalue weighted by Gasteiger charge is -2.23. The fourth-order valence-electron chi connectivity index (χ4n) is 2.26. The first-order valence-corrected chi connectivity index (χ1v) is 6.93. The van der Waals surface area contributed by atoms with E-state index in [1.807, 2.05) is 44.2 Å². The van der Waals surface area contributed by atoms with E-state index >= 15 is 0 Å². The third-order valence-corrected chi connectivity index (χ3v) is 3.39. The molecule has 4 nitrogen and oxygen atoms in total. The highest BCUT2D eigenvalue weighted by Gasteiger charge is 2.20. The van der Waals surface area contributed by atoms with E-state index in [4.69, 9.17) is 5.73 Å². The number of nitrogen functional groups attached to an aromatic ring is 1. The SMILES string of the molecule is CC(C)C(NC(=O)c1cc(O)ccc1N)c1ccccc1. The number of carbonyl (C=O) groups is 1. The molecule has 0 bridgehead atoms. The van der Waals surface area contributed by atoms with Gasteiger partial charge in [0.1, 0.15) is 5.75 Å². The van der Waals surface area contributed by atoms with Crippen molar-refractivity contribution < 1.29 is 9.90 Å². The molecule has 0 radical (unpaired) electrons. The highest BCUT2D eigenvalue weighted by Crippen LogP contribution is 2.24. The summed E-state index contributed by atoms with van der Waals surface area (Å²) in [5, 5.41) is 12.5. The van der Waals surface area contributed by atoms with Gasteiger partial charge in [-0.25, -0.2) is 0 Å². The molecule has 0 heterocycles. The number of phenols is 1. The number of carbonyl (C=O) groups excluding carboxylic acids is 1. The van der Waals surface area contributed by atoms with Crippen molar-refractivity contribution in [1.29, 1.82) is 0 Å². The molecule has 0 aliphatic carbocycles. The molecule has 0 spiro atoms. The number of rotatable bonds is 4. The molecule has 1 amide bonds. The molecule has 110 valence electrons. The Morgan fingerprint density at radius 2 is 1.81 bits per heavy atom. The van der Waals surface area contributed by atoms with Gasteiger partial charge in [0.05, 0.1) is 11.6 Å². The Morgan fingerprint density at radius 3 is 2.43 bits per heavy atom. The van der Waals surface area contributed by atoms with Crippen LogP contribution in [-0.4, -0.2) is 11.0 Å². The summed E-state index contributed by atoms with van der Waals surface area (Å²) in [4.78, 5) is 12.4. The highest BCUT2D eigenvalue weighted by atomic mass is 16.3. The number of nitrogens with one attached hydrogen (secondary N) is 1. The third-order valence-electron chi connectivity index (χ3n) is 3.39. The molecule has 2 rings (SSSR count). The number of benzene rings is 2. The van der Waals surface area contributed by atoms with Crippen molar-refractivity contribution in [3.05, 3.63) is 59.7 Å². The molecule has 1 unspecified atom stereocenters. The summed E-state index contributed by atoms with van der Waals surface area (Å²) >= 11 is 0. The summed E-state index contributed by atoms with van der Waals surface area (Å²) in [6, 6.07) is 14.1. The van der Waals surface area contributed by atoms with Crippen LogP contribution in [0.4, 0.5) is 5.69 Å². The normalized spacial score (nSPS) is 12.1. The summed E-state index contributed by atoms with van der Waals surface area (Å²) in [6.07, 6.45) is 0. The Morgan fingerprint density at radius 1 is 1.14 bits per heavy atom. The minimum absolute atomic E-state index is 0.0233. The number of anilines is 1. The molecule has 2 aromatic rings. The van der Waals surface area contributed by atoms with Crippen LogP contribution in [0.1, 0.15) is 35.8 Å². The summed E-state index contributed by atoms with van der Waals surface area (Å²) < 4.78 is 0. The van der Waals surface area contributed by atoms with E-state index in [1.54, 1.807) is 0 Å². The lowest BCUT2D eigenvalue weighted by atomic mass is 9.95. The Bertz CT molecular complexity index is 624. The second-order valence-corrected chi connectivity index (χ2v) is 5.38. The summed E-state index contributed by atoms with van der Waals surface area (Å²) in [6.45, 7) is 4.09. The first-order valence-electron chi connectivity index (χ1n) is 6.93. The number of hydrogen-bond acceptors (Lipinski definition) is 3. The Hall–Kier alpha value is -2.49. The van der Waals surface area contributed by atoms with E-state index in [1.165, 1.54) is 18.2 Å². The van der Waals surface area contributed by atoms with Crippen LogP contribution in [0.3, 0.4) is 0 Å². The van der Waals surface area contributed by atoms with Gasteiger partial charge in [0.2, 0.25) is 0 Å². The van der Waals surface area contributed by atoms with Crippen molar-refractivity contribution in [3.63, 3.8) is 0 Å². The topological polar surface area (TPSA) is 75.3 Å². The van der Waals surface area contributed by atoms with Crippen molar-refractivity contribution >= 4 is 11.6 Å². The van der Waals surface area contributed by atoms with Gasteiger partial charge in [0.15, 0.2) is 0 Å². The molecule has 0 fully saturated rings. The van der Waals surface area contributed by atoms with E-state index < -0.39 is 0 Å². The van der Waals surface area contributed by atoms with Crippen LogP contribution in [-0.2, 0) is 0 Å². The van der Waals surface area contributed by atoms with Crippen molar-refractivity contribution in [2.45, 2.75) is 19.9 Å². The Kier molecular flexibility index (Phi) is 4.48. The maximum Gasteiger partial charge on any atom is 0.254 e. The molecular formula is C17H20N2O2. The first kappa shape index (κ1) is 14.9. The smallest absolute Gasteiger partial charge is 0.254 e. The van der Waals surface area contributed by atoms with E-state index in [0.29, 0.717) is 5.69 Å². The zero-order valence-electron chi connectivity index (χ0n) is 12.2. The zero-order chi connectivity index (χ0) is 15.4. The number of amides is 1. The van der Waals surface area contributed by atoms with Gasteiger partial charge in [-0.1, -0.05) is 44.2 Å². The third kappa shape index (κ3) is 3.54. The molecule has 2 aromatic carbocycles. The standard InChI is InChI=1S/C17H20N2O2/c1-11(2)16(12-6-4-3-5-7-12)19-17(21)14-10-13(20)8-9-15(14)18/h3-11,16,20H,18H2,1-2H3,(H,19,21). The van der Waals surface area contributed by atoms with Crippen molar-refractivity contribution in [2.24, 2.45) is 5.92 Å². The molecule has 0 aromatic heterocycles. The van der Waals surface area contributed by atoms with Crippen LogP contribution in [0.25, 0.3) is 0 Å². The fraction of sp³-hybridized carbons (Fsp3) is 0.235. The molecular weight excluding hydrogens is 264 g/mol. The molecule has 0 aliphatic heterocycles. The Labute approximate surface area is 124 Å². The number of aromatic hydroxyl groups is 1. The molecule has 1 atom stereocenters. The first-order chi connectivity index (χ1) is 9.99. The fourth-order valence-corrected chi connectivity index (χ4v) is 2.26. The van der Waals surface area contributed by atoms with Crippen LogP contribution in [0.5, 0.6) is 5.75 Å². The number of phenolic OH excluding ortho intramolecular Hbond substituents is 1. The van der Waals surface area contributed by atoms with Gasteiger partial charge in [-0.15, -0.1) is 0 Å². The molecule has 4 heteroatoms. The van der Waals surface area contributed by atoms with Crippen LogP contribution < -0.4 is 11.1 Å². The summed E-state index contributed by atoms with van der Waals surface area (Å²) in [7, 11) is 0. The lowest BCUT2D eigenvalue weighted by molar-refractivity contribution is 0.0926. The van der Waals surface area contributed by atoms with Gasteiger partial charge in [0.25, 0.3) is 5.91 Å². The predicted octanol–water partition coefficient (Wildman–Crippen LogP) is 3.10. The van der Waals surface area contributed by atoms with Crippen LogP contribution in [0.15, 0.2) is 48.5 Å². The molecule has 0 saturated heterocycles. The van der Waals surface area contributed by atoms with E-state index in [2.05, 4.69) is 5.32 Å². The minimum Gasteiger partial charge on any atom is -0.508 e. The second kappa shape index (κ2) is 6.31. The summed E-state index contributed by atoms with van der Waals surface area (Å²) in [5.74, 6) is -0.0315. The number of hydrogen-bond donors (Lipinski definition) is 3. The van der Waals surface area contributed by atoms with Gasteiger partial charge in [-0.05, 0) is 29.7 Å². The van der Waals surface area contributed by atoms with Crippen molar-refractivity contribution in [2.75, 3.05) is 5.73 Å². The minimum atomic E-state index is -0.286. The van der Waals surface area contributed by atoms with Gasteiger partial charge < -0.3 is 16.2 Å². The average molecular weight is 284 g/mol. The molecule has 21 heavy (non-hydrogen) atoms. The largest absolute Gasteiger partial charge is 0.508 e. The average Bonchev–Trinajstić information content (AvgIpc) is 2.47. The molecule has 4 N–H and O–H groups in total. The van der Waals surface area contributed by atoms with E-state index in [9.17, 15) is 9.90 Å². The quantitative estimate of drug-likeness (QED) is 0.596. The van der Waals surface area contributed by atoms with E-state index in [0.717, 1.165) is 5.56 Å². The van der Waals surface area contributed by atoms with Gasteiger partial charge in [0, 0.05) is 5.69 Å². The molecule has 0 aliphatic rings. The van der Waals surface area contributed by atoms with Crippen LogP contribution in [0, 0.1) is 5.92 Å². The van der Waals surface area contributed by atoms with Crippen molar-refractivity contribution in [1.82, 2.24) is 5.32 Å². The van der Waals surface area contributed by atoms with E-state index in [-0.39, 0.29) is 29.2 Å². The maximum atomic E-state index is 12.4. The summed E-state index contributed by atoms with van der Waals surface area (Å²) in [5.41, 5.74) is 7.49. The van der Waals surface area contributed by atoms with Crippen LogP contribution >= 0.6 is 0 Å². The maximum absolute atomic E-state index is 12.4. The van der Waals surface area contributed by atoms with Gasteiger partial charge >= 0.3 is 0 Å². The number of nitrogens with two attached hydrogens (primary N) is 1. The molecule has 0 saturated carbocycles. The van der Waals surface area contributed by atoms with Crippen molar-refractivity contribution in [3.8, 4) is 5.75 Å². The van der Waals surface area contributed by atoms with Gasteiger partial charge in [-0.2, -0.15) is 0 Å². The zero-order valence-corrected chi connectivity index (χ0v) is 12.2. The Balaban J connectivity index is 2.25. The predicted molar refractivity (Wildman–Crippen MR) is 84.0 cm³/mol. The van der Waals surface area contributed by atoms with Crippen LogP contribution in [0.2, 0.25) is 0 Å². The highest BCUT2D eigenvalue weighted by molar-refractivity contribution is 5.99. The lowest BCUT2D eigenvalue weighted by Crippen LogP contribution is -2.32.